The molecule has 4 heterocycles. The minimum Gasteiger partial charge on any atom is -0.477 e. The van der Waals surface area contributed by atoms with Gasteiger partial charge in [-0.3, -0.25) is 4.79 Å². The Morgan fingerprint density at radius 1 is 1.37 bits per heavy atom. The summed E-state index contributed by atoms with van der Waals surface area (Å²) in [5.74, 6) is 0.0472. The van der Waals surface area contributed by atoms with E-state index in [9.17, 15) is 19.8 Å². The van der Waals surface area contributed by atoms with Crippen molar-refractivity contribution in [1.82, 2.24) is 14.3 Å². The first-order valence-electron chi connectivity index (χ1n) is 8.99. The predicted molar refractivity (Wildman–Crippen MR) is 101 cm³/mol. The van der Waals surface area contributed by atoms with Crippen LogP contribution in [0.4, 0.5) is 0 Å². The number of rotatable bonds is 7. The lowest BCUT2D eigenvalue weighted by Crippen LogP contribution is -2.60. The van der Waals surface area contributed by atoms with Gasteiger partial charge in [-0.1, -0.05) is 13.0 Å². The van der Waals surface area contributed by atoms with Crippen molar-refractivity contribution in [3.05, 3.63) is 47.0 Å². The van der Waals surface area contributed by atoms with Crippen molar-refractivity contribution in [1.29, 1.82) is 0 Å². The van der Waals surface area contributed by atoms with E-state index in [-0.39, 0.29) is 36.1 Å². The molecule has 1 saturated heterocycles. The summed E-state index contributed by atoms with van der Waals surface area (Å²) in [5, 5.41) is 18.8. The van der Waals surface area contributed by atoms with Crippen LogP contribution in [0.5, 0.6) is 0 Å². The third kappa shape index (κ3) is 2.83. The number of pyridine rings is 1. The van der Waals surface area contributed by atoms with Crippen LogP contribution in [0.15, 0.2) is 41.2 Å². The summed E-state index contributed by atoms with van der Waals surface area (Å²) in [4.78, 5) is 30.8. The van der Waals surface area contributed by atoms with Gasteiger partial charge in [0.05, 0.1) is 23.7 Å². The Morgan fingerprint density at radius 2 is 2.19 bits per heavy atom. The second-order valence-electron chi connectivity index (χ2n) is 6.89. The first kappa shape index (κ1) is 18.1. The van der Waals surface area contributed by atoms with Crippen molar-refractivity contribution in [2.24, 2.45) is 11.8 Å². The number of carboxylic acid groups (broad SMARTS) is 1. The number of aliphatic carboxylic acids is 1. The molecular formula is C19H21N3O4S. The van der Waals surface area contributed by atoms with Gasteiger partial charge >= 0.3 is 5.97 Å². The number of hydrogen-bond donors (Lipinski definition) is 2. The van der Waals surface area contributed by atoms with Crippen LogP contribution < -0.4 is 0 Å². The van der Waals surface area contributed by atoms with Crippen LogP contribution in [0.3, 0.4) is 0 Å². The molecule has 2 aliphatic rings. The van der Waals surface area contributed by atoms with Crippen molar-refractivity contribution in [2.45, 2.75) is 25.8 Å². The van der Waals surface area contributed by atoms with Gasteiger partial charge in [-0.05, 0) is 18.6 Å². The van der Waals surface area contributed by atoms with E-state index in [4.69, 9.17) is 0 Å². The molecule has 2 aliphatic heterocycles. The maximum atomic E-state index is 12.3. The fraction of sp³-hybridized carbons (Fsp3) is 0.421. The van der Waals surface area contributed by atoms with Gasteiger partial charge in [0, 0.05) is 35.8 Å². The van der Waals surface area contributed by atoms with Crippen LogP contribution in [0, 0.1) is 11.8 Å². The van der Waals surface area contributed by atoms with Gasteiger partial charge in [-0.15, -0.1) is 11.8 Å². The van der Waals surface area contributed by atoms with Crippen LogP contribution in [0.25, 0.3) is 5.52 Å². The molecule has 1 amide bonds. The number of aliphatic hydroxyl groups excluding tert-OH is 1. The quantitative estimate of drug-likeness (QED) is 0.703. The molecule has 27 heavy (non-hydrogen) atoms. The summed E-state index contributed by atoms with van der Waals surface area (Å²) >= 11 is 1.49. The number of nitrogens with zero attached hydrogens (tertiary/aromatic N) is 3. The third-order valence-corrected chi connectivity index (χ3v) is 6.69. The van der Waals surface area contributed by atoms with E-state index >= 15 is 0 Å². The van der Waals surface area contributed by atoms with E-state index in [2.05, 4.69) is 4.98 Å². The van der Waals surface area contributed by atoms with Crippen molar-refractivity contribution in [3.63, 3.8) is 0 Å². The average molecular weight is 387 g/mol. The van der Waals surface area contributed by atoms with E-state index in [1.807, 2.05) is 41.9 Å². The zero-order valence-electron chi connectivity index (χ0n) is 14.9. The highest BCUT2D eigenvalue weighted by Gasteiger charge is 2.57. The summed E-state index contributed by atoms with van der Waals surface area (Å²) < 4.78 is 2.03. The minimum atomic E-state index is -1.06. The van der Waals surface area contributed by atoms with Crippen molar-refractivity contribution in [2.75, 3.05) is 12.4 Å². The second-order valence-corrected chi connectivity index (χ2v) is 8.03. The molecule has 2 aromatic heterocycles. The topological polar surface area (TPSA) is 95.1 Å². The van der Waals surface area contributed by atoms with E-state index in [0.29, 0.717) is 18.6 Å². The lowest BCUT2D eigenvalue weighted by Gasteiger charge is -2.45. The first-order chi connectivity index (χ1) is 13.0. The molecule has 2 N–H and O–H groups in total. The zero-order valence-corrected chi connectivity index (χ0v) is 15.7. The molecule has 0 saturated carbocycles. The largest absolute Gasteiger partial charge is 0.477 e. The molecule has 0 spiro atoms. The van der Waals surface area contributed by atoms with Gasteiger partial charge in [0.25, 0.3) is 0 Å². The number of aryl methyl sites for hydroxylation is 1. The third-order valence-electron chi connectivity index (χ3n) is 5.41. The van der Waals surface area contributed by atoms with Crippen molar-refractivity contribution in [3.8, 4) is 0 Å². The Bertz CT molecular complexity index is 938. The Kier molecular flexibility index (Phi) is 4.69. The van der Waals surface area contributed by atoms with Gasteiger partial charge in [-0.25, -0.2) is 9.78 Å². The van der Waals surface area contributed by atoms with Crippen LogP contribution >= 0.6 is 11.8 Å². The molecular weight excluding hydrogens is 366 g/mol. The number of aliphatic hydroxyl groups is 1. The molecule has 142 valence electrons. The average Bonchev–Trinajstić information content (AvgIpc) is 3.18. The number of carboxylic acids is 1. The maximum absolute atomic E-state index is 12.3. The molecule has 1 fully saturated rings. The minimum absolute atomic E-state index is 0.0348. The molecule has 0 aliphatic carbocycles. The summed E-state index contributed by atoms with van der Waals surface area (Å²) in [6, 6.07) is 5.76. The molecule has 7 nitrogen and oxygen atoms in total. The fourth-order valence-electron chi connectivity index (χ4n) is 4.17. The Hall–Kier alpha value is -2.32. The lowest BCUT2D eigenvalue weighted by atomic mass is 9.80. The van der Waals surface area contributed by atoms with E-state index in [1.165, 1.54) is 16.7 Å². The Labute approximate surface area is 160 Å². The number of hydrogen-bond acceptors (Lipinski definition) is 5. The van der Waals surface area contributed by atoms with Crippen LogP contribution in [0.1, 0.15) is 19.2 Å². The monoisotopic (exact) mass is 387 g/mol. The Balaban J connectivity index is 1.50. The standard InChI is InChI=1S/C19H21N3O4S/c1-11-15-13(5-8-23)18(24)22(15)16(19(25)26)17(11)27-9-6-14-20-10-12-4-2-3-7-21(12)14/h2-4,7,10-11,13,15,23H,5-6,8-9H2,1H3,(H,25,26)/t11-,13+,15-/m1/s1. The lowest BCUT2D eigenvalue weighted by molar-refractivity contribution is -0.157. The van der Waals surface area contributed by atoms with Crippen LogP contribution in [-0.4, -0.2) is 54.8 Å². The fourth-order valence-corrected chi connectivity index (χ4v) is 5.40. The number of β-lactam (4-membered cyclic amide) rings is 1. The van der Waals surface area contributed by atoms with Crippen molar-refractivity contribution < 1.29 is 19.8 Å². The summed E-state index contributed by atoms with van der Waals surface area (Å²) in [6.07, 6.45) is 4.87. The van der Waals surface area contributed by atoms with Crippen LogP contribution in [0.2, 0.25) is 0 Å². The number of thioether (sulfide) groups is 1. The first-order valence-corrected chi connectivity index (χ1v) is 9.98. The molecule has 3 atom stereocenters. The molecule has 0 aromatic carbocycles. The van der Waals surface area contributed by atoms with Gasteiger partial charge in [0.15, 0.2) is 0 Å². The van der Waals surface area contributed by atoms with Gasteiger partial charge < -0.3 is 19.5 Å². The normalized spacial score (nSPS) is 24.4. The number of amides is 1. The highest BCUT2D eigenvalue weighted by Crippen LogP contribution is 2.50. The highest BCUT2D eigenvalue weighted by molar-refractivity contribution is 8.03. The SMILES string of the molecule is C[C@H]1C(SCCc2ncc3ccccn23)=C(C(=O)O)N2C(=O)[C@@H](CCO)[C@@H]12. The van der Waals surface area contributed by atoms with Crippen LogP contribution in [-0.2, 0) is 16.0 Å². The summed E-state index contributed by atoms with van der Waals surface area (Å²) in [5.41, 5.74) is 1.14. The smallest absolute Gasteiger partial charge is 0.353 e. The number of carbonyl (C=O) groups excluding carboxylic acids is 1. The number of imidazole rings is 1. The van der Waals surface area contributed by atoms with Gasteiger partial charge in [0.2, 0.25) is 5.91 Å². The summed E-state index contributed by atoms with van der Waals surface area (Å²) in [7, 11) is 0. The van der Waals surface area contributed by atoms with Gasteiger partial charge in [-0.2, -0.15) is 0 Å². The maximum Gasteiger partial charge on any atom is 0.353 e. The van der Waals surface area contributed by atoms with E-state index in [0.717, 1.165) is 16.2 Å². The summed E-state index contributed by atoms with van der Waals surface area (Å²) in [6.45, 7) is 1.91. The van der Waals surface area contributed by atoms with E-state index < -0.39 is 5.97 Å². The Morgan fingerprint density at radius 3 is 2.93 bits per heavy atom. The van der Waals surface area contributed by atoms with Crippen molar-refractivity contribution >= 4 is 29.2 Å². The molecule has 2 aromatic rings. The molecule has 8 heteroatoms. The highest BCUT2D eigenvalue weighted by atomic mass is 32.2. The second kappa shape index (κ2) is 7.01. The number of fused-ring (bicyclic) bond motifs is 2. The molecule has 0 unspecified atom stereocenters. The zero-order chi connectivity index (χ0) is 19.1. The molecule has 4 rings (SSSR count). The number of carbonyl (C=O) groups is 2. The van der Waals surface area contributed by atoms with Gasteiger partial charge in [0.1, 0.15) is 11.5 Å². The molecule has 0 radical (unpaired) electrons. The predicted octanol–water partition coefficient (Wildman–Crippen LogP) is 1.77. The molecule has 0 bridgehead atoms. The van der Waals surface area contributed by atoms with E-state index in [1.54, 1.807) is 0 Å². The number of aromatic nitrogens is 2.